The predicted molar refractivity (Wildman–Crippen MR) is 35.2 cm³/mol. The first kappa shape index (κ1) is 7.03. The molecule has 1 fully saturated rings. The van der Waals surface area contributed by atoms with Crippen LogP contribution in [0.4, 0.5) is 0 Å². The van der Waals surface area contributed by atoms with Gasteiger partial charge in [0.15, 0.2) is 0 Å². The van der Waals surface area contributed by atoms with Crippen LogP contribution in [0.2, 0.25) is 0 Å². The van der Waals surface area contributed by atoms with Crippen molar-refractivity contribution in [1.29, 1.82) is 0 Å². The molecule has 1 rings (SSSR count). The van der Waals surface area contributed by atoms with Crippen LogP contribution in [0.1, 0.15) is 20.3 Å². The third-order valence-corrected chi connectivity index (χ3v) is 2.02. The molecule has 0 aliphatic carbocycles. The van der Waals surface area contributed by atoms with Crippen molar-refractivity contribution in [2.45, 2.75) is 32.5 Å². The fraction of sp³-hybridized carbons (Fsp3) is 1.00. The molecular weight excluding hydrogens is 116 g/mol. The first-order chi connectivity index (χ1) is 4.22. The molecule has 0 amide bonds. The summed E-state index contributed by atoms with van der Waals surface area (Å²) in [5.41, 5.74) is 0. The van der Waals surface area contributed by atoms with Gasteiger partial charge in [0, 0.05) is 6.61 Å². The number of aliphatic hydroxyl groups excluding tert-OH is 1. The fourth-order valence-electron chi connectivity index (χ4n) is 1.17. The minimum Gasteiger partial charge on any atom is -0.390 e. The van der Waals surface area contributed by atoms with E-state index in [1.807, 2.05) is 6.92 Å². The van der Waals surface area contributed by atoms with Gasteiger partial charge in [-0.1, -0.05) is 6.92 Å². The highest BCUT2D eigenvalue weighted by atomic mass is 16.5. The van der Waals surface area contributed by atoms with Crippen molar-refractivity contribution < 1.29 is 9.84 Å². The Morgan fingerprint density at radius 1 is 1.44 bits per heavy atom. The Morgan fingerprint density at radius 2 is 2.11 bits per heavy atom. The van der Waals surface area contributed by atoms with Crippen LogP contribution in [-0.4, -0.2) is 23.9 Å². The molecular formula is C7H14O2. The molecule has 0 aromatic carbocycles. The van der Waals surface area contributed by atoms with Crippen LogP contribution in [-0.2, 0) is 4.74 Å². The molecule has 0 aromatic rings. The molecule has 1 heterocycles. The molecule has 2 nitrogen and oxygen atoms in total. The molecule has 0 spiro atoms. The van der Waals surface area contributed by atoms with Crippen molar-refractivity contribution >= 4 is 0 Å². The second-order valence-electron chi connectivity index (χ2n) is 2.83. The Kier molecular flexibility index (Phi) is 2.09. The maximum Gasteiger partial charge on any atom is 0.0825 e. The van der Waals surface area contributed by atoms with Crippen molar-refractivity contribution in [3.8, 4) is 0 Å². The molecule has 54 valence electrons. The van der Waals surface area contributed by atoms with E-state index in [1.54, 1.807) is 0 Å². The lowest BCUT2D eigenvalue weighted by Gasteiger charge is -2.30. The van der Waals surface area contributed by atoms with Crippen LogP contribution in [0.15, 0.2) is 0 Å². The van der Waals surface area contributed by atoms with E-state index < -0.39 is 0 Å². The molecule has 9 heavy (non-hydrogen) atoms. The monoisotopic (exact) mass is 130 g/mol. The van der Waals surface area contributed by atoms with Gasteiger partial charge < -0.3 is 9.84 Å². The summed E-state index contributed by atoms with van der Waals surface area (Å²) in [6.45, 7) is 4.78. The van der Waals surface area contributed by atoms with Crippen molar-refractivity contribution in [2.24, 2.45) is 5.92 Å². The third-order valence-electron chi connectivity index (χ3n) is 2.02. The van der Waals surface area contributed by atoms with Gasteiger partial charge >= 0.3 is 0 Å². The Bertz CT molecular complexity index is 82.9. The van der Waals surface area contributed by atoms with Crippen LogP contribution >= 0.6 is 0 Å². The zero-order chi connectivity index (χ0) is 6.85. The first-order valence-electron chi connectivity index (χ1n) is 3.51. The molecule has 2 heteroatoms. The van der Waals surface area contributed by atoms with Crippen molar-refractivity contribution in [3.05, 3.63) is 0 Å². The number of aliphatic hydroxyl groups is 1. The lowest BCUT2D eigenvalue weighted by molar-refractivity contribution is -0.0911. The second kappa shape index (κ2) is 2.67. The summed E-state index contributed by atoms with van der Waals surface area (Å²) < 4.78 is 5.21. The van der Waals surface area contributed by atoms with E-state index in [4.69, 9.17) is 4.74 Å². The largest absolute Gasteiger partial charge is 0.390 e. The van der Waals surface area contributed by atoms with Crippen LogP contribution in [0.25, 0.3) is 0 Å². The van der Waals surface area contributed by atoms with E-state index in [-0.39, 0.29) is 12.2 Å². The van der Waals surface area contributed by atoms with Gasteiger partial charge in [0.25, 0.3) is 0 Å². The summed E-state index contributed by atoms with van der Waals surface area (Å²) in [5.74, 6) is 0.411. The number of hydrogen-bond acceptors (Lipinski definition) is 2. The lowest BCUT2D eigenvalue weighted by Crippen LogP contribution is -2.37. The quantitative estimate of drug-likeness (QED) is 0.525. The van der Waals surface area contributed by atoms with E-state index in [1.165, 1.54) is 0 Å². The van der Waals surface area contributed by atoms with Crippen molar-refractivity contribution in [3.63, 3.8) is 0 Å². The minimum atomic E-state index is -0.251. The smallest absolute Gasteiger partial charge is 0.0825 e. The molecule has 0 saturated carbocycles. The average molecular weight is 130 g/mol. The third kappa shape index (κ3) is 1.43. The Balaban J connectivity index is 2.41. The summed E-state index contributed by atoms with van der Waals surface area (Å²) in [6.07, 6.45) is 0.776. The fourth-order valence-corrected chi connectivity index (χ4v) is 1.17. The van der Waals surface area contributed by atoms with Gasteiger partial charge in [-0.2, -0.15) is 0 Å². The van der Waals surface area contributed by atoms with Gasteiger partial charge in [-0.3, -0.25) is 0 Å². The number of hydrogen-bond donors (Lipinski definition) is 1. The van der Waals surface area contributed by atoms with E-state index >= 15 is 0 Å². The topological polar surface area (TPSA) is 29.5 Å². The zero-order valence-corrected chi connectivity index (χ0v) is 6.00. The highest BCUT2D eigenvalue weighted by Gasteiger charge is 2.25. The van der Waals surface area contributed by atoms with Crippen LogP contribution in [0.3, 0.4) is 0 Å². The molecule has 0 bridgehead atoms. The normalized spacial score (nSPS) is 45.0. The highest BCUT2D eigenvalue weighted by Crippen LogP contribution is 2.19. The summed E-state index contributed by atoms with van der Waals surface area (Å²) >= 11 is 0. The summed E-state index contributed by atoms with van der Waals surface area (Å²) in [6, 6.07) is 0. The highest BCUT2D eigenvalue weighted by molar-refractivity contribution is 4.74. The number of ether oxygens (including phenoxy) is 1. The minimum absolute atomic E-state index is 0.0359. The van der Waals surface area contributed by atoms with E-state index in [0.717, 1.165) is 13.0 Å². The molecule has 1 aliphatic heterocycles. The Labute approximate surface area is 55.8 Å². The molecule has 1 aliphatic rings. The summed E-state index contributed by atoms with van der Waals surface area (Å²) in [4.78, 5) is 0. The van der Waals surface area contributed by atoms with Crippen molar-refractivity contribution in [1.82, 2.24) is 0 Å². The molecule has 1 unspecified atom stereocenters. The Morgan fingerprint density at radius 3 is 2.56 bits per heavy atom. The molecule has 1 N–H and O–H groups in total. The van der Waals surface area contributed by atoms with Gasteiger partial charge in [0.2, 0.25) is 0 Å². The first-order valence-corrected chi connectivity index (χ1v) is 3.51. The van der Waals surface area contributed by atoms with Gasteiger partial charge in [0.1, 0.15) is 0 Å². The van der Waals surface area contributed by atoms with Crippen molar-refractivity contribution in [2.75, 3.05) is 6.61 Å². The maximum absolute atomic E-state index is 9.32. The van der Waals surface area contributed by atoms with Gasteiger partial charge in [-0.25, -0.2) is 0 Å². The molecule has 0 aromatic heterocycles. The second-order valence-corrected chi connectivity index (χ2v) is 2.83. The van der Waals surface area contributed by atoms with Gasteiger partial charge in [-0.05, 0) is 19.3 Å². The summed E-state index contributed by atoms with van der Waals surface area (Å²) in [7, 11) is 0. The van der Waals surface area contributed by atoms with E-state index in [2.05, 4.69) is 6.92 Å². The van der Waals surface area contributed by atoms with Crippen LogP contribution in [0.5, 0.6) is 0 Å². The standard InChI is InChI=1S/C7H14O2/c1-5-3-4-9-6(2)7(5)8/h5-8H,3-4H2,1-2H3/t5-,6-,7?/m0/s1. The number of rotatable bonds is 0. The predicted octanol–water partition coefficient (Wildman–Crippen LogP) is 0.792. The molecule has 0 radical (unpaired) electrons. The molecule has 3 atom stereocenters. The SMILES string of the molecule is C[C@@H]1OCC[C@H](C)C1O. The maximum atomic E-state index is 9.32. The Hall–Kier alpha value is -0.0800. The van der Waals surface area contributed by atoms with E-state index in [0.29, 0.717) is 5.92 Å². The lowest BCUT2D eigenvalue weighted by atomic mass is 9.95. The average Bonchev–Trinajstić information content (AvgIpc) is 1.83. The summed E-state index contributed by atoms with van der Waals surface area (Å²) in [5, 5.41) is 9.32. The van der Waals surface area contributed by atoms with Gasteiger partial charge in [-0.15, -0.1) is 0 Å². The zero-order valence-electron chi connectivity index (χ0n) is 6.00. The van der Waals surface area contributed by atoms with Crippen LogP contribution in [0, 0.1) is 5.92 Å². The van der Waals surface area contributed by atoms with E-state index in [9.17, 15) is 5.11 Å². The molecule has 1 saturated heterocycles. The van der Waals surface area contributed by atoms with Gasteiger partial charge in [0.05, 0.1) is 12.2 Å². The van der Waals surface area contributed by atoms with Crippen LogP contribution < -0.4 is 0 Å².